The van der Waals surface area contributed by atoms with Crippen molar-refractivity contribution < 1.29 is 38.0 Å². The lowest BCUT2D eigenvalue weighted by Gasteiger charge is -2.24. The van der Waals surface area contributed by atoms with Gasteiger partial charge in [0.05, 0.1) is 13.2 Å². The fourth-order valence-corrected chi connectivity index (χ4v) is 4.28. The highest BCUT2D eigenvalue weighted by Crippen LogP contribution is 2.39. The van der Waals surface area contributed by atoms with Crippen LogP contribution in [0.1, 0.15) is 41.0 Å². The smallest absolute Gasteiger partial charge is 0.408 e. The number of alkyl carbamates (subject to hydrolysis) is 1. The van der Waals surface area contributed by atoms with Crippen molar-refractivity contribution in [3.05, 3.63) is 0 Å². The Bertz CT molecular complexity index is 579. The second-order valence-electron chi connectivity index (χ2n) is 8.43. The molecule has 0 aromatic carbocycles. The number of thioether (sulfide) groups is 1. The van der Waals surface area contributed by atoms with Gasteiger partial charge < -0.3 is 33.7 Å². The predicted octanol–water partition coefficient (Wildman–Crippen LogP) is 2.07. The van der Waals surface area contributed by atoms with E-state index < -0.39 is 35.8 Å². The summed E-state index contributed by atoms with van der Waals surface area (Å²) >= 11 is 1.59. The van der Waals surface area contributed by atoms with Crippen LogP contribution in [0, 0.1) is 0 Å². The van der Waals surface area contributed by atoms with Gasteiger partial charge in [0, 0.05) is 12.9 Å². The van der Waals surface area contributed by atoms with E-state index in [0.717, 1.165) is 0 Å². The molecule has 0 aliphatic carbocycles. The monoisotopic (exact) mass is 435 g/mol. The Balaban J connectivity index is 1.82. The van der Waals surface area contributed by atoms with Crippen LogP contribution < -0.4 is 5.32 Å². The molecule has 2 aliphatic rings. The maximum atomic E-state index is 12.0. The summed E-state index contributed by atoms with van der Waals surface area (Å²) in [6, 6.07) is -0.781. The molecule has 0 aromatic heterocycles. The summed E-state index contributed by atoms with van der Waals surface area (Å²) in [7, 11) is 2.87. The Labute approximate surface area is 176 Å². The minimum absolute atomic E-state index is 0.188. The number of hydrogen-bond donors (Lipinski definition) is 1. The van der Waals surface area contributed by atoms with Crippen LogP contribution in [0.25, 0.3) is 0 Å². The quantitative estimate of drug-likeness (QED) is 0.453. The number of hydrogen-bond acceptors (Lipinski definition) is 9. The van der Waals surface area contributed by atoms with E-state index in [1.165, 1.54) is 7.11 Å². The number of ether oxygens (including phenoxy) is 6. The van der Waals surface area contributed by atoms with Gasteiger partial charge in [-0.15, -0.1) is 0 Å². The second kappa shape index (κ2) is 9.82. The molecule has 2 heterocycles. The molecule has 2 fully saturated rings. The maximum absolute atomic E-state index is 12.0. The highest BCUT2D eigenvalue weighted by atomic mass is 32.2. The molecule has 0 bridgehead atoms. The minimum atomic E-state index is -0.781. The molecule has 5 atom stereocenters. The fourth-order valence-electron chi connectivity index (χ4n) is 3.21. The highest BCUT2D eigenvalue weighted by molar-refractivity contribution is 7.99. The van der Waals surface area contributed by atoms with E-state index in [-0.39, 0.29) is 18.3 Å². The average Bonchev–Trinajstić information content (AvgIpc) is 3.08. The number of esters is 1. The summed E-state index contributed by atoms with van der Waals surface area (Å²) in [5.74, 6) is 0.0594. The molecule has 168 valence electrons. The minimum Gasteiger partial charge on any atom is -0.467 e. The molecule has 2 aliphatic heterocycles. The highest BCUT2D eigenvalue weighted by Gasteiger charge is 2.55. The number of fused-ring (bicyclic) bond motifs is 1. The molecule has 0 saturated carbocycles. The third kappa shape index (κ3) is 6.99. The van der Waals surface area contributed by atoms with Crippen molar-refractivity contribution in [3.63, 3.8) is 0 Å². The maximum Gasteiger partial charge on any atom is 0.408 e. The summed E-state index contributed by atoms with van der Waals surface area (Å²) in [5, 5.41) is 2.57. The van der Waals surface area contributed by atoms with Crippen molar-refractivity contribution >= 4 is 23.8 Å². The molecule has 1 amide bonds. The van der Waals surface area contributed by atoms with Gasteiger partial charge in [-0.1, -0.05) is 0 Å². The number of rotatable bonds is 8. The van der Waals surface area contributed by atoms with Gasteiger partial charge in [-0.05, 0) is 46.8 Å². The molecule has 2 rings (SSSR count). The van der Waals surface area contributed by atoms with E-state index >= 15 is 0 Å². The van der Waals surface area contributed by atoms with Crippen LogP contribution >= 0.6 is 11.8 Å². The molecular weight excluding hydrogens is 402 g/mol. The Kier molecular flexibility index (Phi) is 8.20. The van der Waals surface area contributed by atoms with Crippen LogP contribution in [-0.2, 0) is 33.2 Å². The largest absolute Gasteiger partial charge is 0.467 e. The first-order valence-corrected chi connectivity index (χ1v) is 10.8. The lowest BCUT2D eigenvalue weighted by atomic mass is 10.2. The van der Waals surface area contributed by atoms with Crippen molar-refractivity contribution in [1.82, 2.24) is 5.32 Å². The number of nitrogens with one attached hydrogen (secondary N) is 1. The normalized spacial score (nSPS) is 29.2. The molecule has 9 nitrogen and oxygen atoms in total. The van der Waals surface area contributed by atoms with Crippen LogP contribution in [-0.4, -0.2) is 79.8 Å². The second-order valence-corrected chi connectivity index (χ2v) is 9.58. The predicted molar refractivity (Wildman–Crippen MR) is 107 cm³/mol. The molecule has 1 N–H and O–H groups in total. The van der Waals surface area contributed by atoms with Gasteiger partial charge >= 0.3 is 12.1 Å². The van der Waals surface area contributed by atoms with E-state index in [1.54, 1.807) is 39.6 Å². The number of methoxy groups -OCH3 is 2. The standard InChI is InChI=1S/C19H33NO8S/c1-18(2,3)28-17(22)20-11(15(21)23-6)8-9-29-10-12-13-14(16(24-7)25-12)27-19(4,5)26-13/h11-14,16H,8-10H2,1-7H3,(H,20,22)/t11?,12-,13+,14-,16-/m1/s1. The number of carbonyl (C=O) groups is 2. The van der Waals surface area contributed by atoms with Gasteiger partial charge in [0.1, 0.15) is 23.9 Å². The van der Waals surface area contributed by atoms with E-state index in [4.69, 9.17) is 28.4 Å². The van der Waals surface area contributed by atoms with Gasteiger partial charge in [-0.3, -0.25) is 0 Å². The third-order valence-electron chi connectivity index (χ3n) is 4.35. The Morgan fingerprint density at radius 3 is 2.41 bits per heavy atom. The van der Waals surface area contributed by atoms with E-state index in [9.17, 15) is 9.59 Å². The third-order valence-corrected chi connectivity index (χ3v) is 5.44. The summed E-state index contributed by atoms with van der Waals surface area (Å²) < 4.78 is 33.1. The topological polar surface area (TPSA) is 102 Å². The van der Waals surface area contributed by atoms with Gasteiger partial charge in [0.15, 0.2) is 12.1 Å². The first-order chi connectivity index (χ1) is 13.5. The van der Waals surface area contributed by atoms with Crippen LogP contribution in [0.5, 0.6) is 0 Å². The zero-order valence-corrected chi connectivity index (χ0v) is 19.0. The molecule has 1 unspecified atom stereocenters. The Morgan fingerprint density at radius 2 is 1.83 bits per heavy atom. The first-order valence-electron chi connectivity index (χ1n) is 9.65. The zero-order valence-electron chi connectivity index (χ0n) is 18.2. The van der Waals surface area contributed by atoms with Crippen LogP contribution in [0.3, 0.4) is 0 Å². The van der Waals surface area contributed by atoms with Crippen molar-refractivity contribution in [3.8, 4) is 0 Å². The lowest BCUT2D eigenvalue weighted by molar-refractivity contribution is -0.224. The van der Waals surface area contributed by atoms with Crippen LogP contribution in [0.15, 0.2) is 0 Å². The molecule has 2 saturated heterocycles. The average molecular weight is 436 g/mol. The lowest BCUT2D eigenvalue weighted by Crippen LogP contribution is -2.44. The van der Waals surface area contributed by atoms with Gasteiger partial charge in [-0.25, -0.2) is 9.59 Å². The Morgan fingerprint density at radius 1 is 1.17 bits per heavy atom. The first kappa shape index (κ1) is 24.2. The molecule has 0 radical (unpaired) electrons. The van der Waals surface area contributed by atoms with Crippen molar-refractivity contribution in [2.45, 2.75) is 83.1 Å². The Hall–Kier alpha value is -1.07. The van der Waals surface area contributed by atoms with E-state index in [1.807, 2.05) is 13.8 Å². The number of amides is 1. The SMILES string of the molecule is COC(=O)C(CCSC[C@H]1O[C@@H](OC)[C@@H]2OC(C)(C)O[C@H]21)NC(=O)OC(C)(C)C. The fraction of sp³-hybridized carbons (Fsp3) is 0.895. The van der Waals surface area contributed by atoms with E-state index in [0.29, 0.717) is 17.9 Å². The van der Waals surface area contributed by atoms with Gasteiger partial charge in [0.25, 0.3) is 0 Å². The van der Waals surface area contributed by atoms with Crippen molar-refractivity contribution in [2.75, 3.05) is 25.7 Å². The molecule has 0 aromatic rings. The summed E-state index contributed by atoms with van der Waals surface area (Å²) in [6.07, 6.45) is -1.39. The zero-order chi connectivity index (χ0) is 21.8. The molecule has 0 spiro atoms. The molecule has 29 heavy (non-hydrogen) atoms. The number of carbonyl (C=O) groups excluding carboxylic acids is 2. The molecule has 10 heteroatoms. The van der Waals surface area contributed by atoms with Crippen LogP contribution in [0.2, 0.25) is 0 Å². The van der Waals surface area contributed by atoms with E-state index in [2.05, 4.69) is 5.32 Å². The van der Waals surface area contributed by atoms with Gasteiger partial charge in [-0.2, -0.15) is 11.8 Å². The summed E-state index contributed by atoms with van der Waals surface area (Å²) in [6.45, 7) is 9.01. The van der Waals surface area contributed by atoms with Crippen LogP contribution in [0.4, 0.5) is 4.79 Å². The van der Waals surface area contributed by atoms with Gasteiger partial charge in [0.2, 0.25) is 0 Å². The molecular formula is C19H33NO8S. The summed E-state index contributed by atoms with van der Waals surface area (Å²) in [5.41, 5.74) is -0.648. The summed E-state index contributed by atoms with van der Waals surface area (Å²) in [4.78, 5) is 24.0. The van der Waals surface area contributed by atoms with Crippen molar-refractivity contribution in [2.24, 2.45) is 0 Å². The van der Waals surface area contributed by atoms with Crippen molar-refractivity contribution in [1.29, 1.82) is 0 Å².